The van der Waals surface area contributed by atoms with Crippen LogP contribution in [0.15, 0.2) is 91.5 Å². The fraction of sp³-hybridized carbons (Fsp3) is 0.148. The van der Waals surface area contributed by atoms with Gasteiger partial charge in [0.25, 0.3) is 0 Å². The molecule has 0 N–H and O–H groups in total. The number of carbonyl (C=O) groups is 1. The number of hydrogen-bond donors (Lipinski definition) is 0. The van der Waals surface area contributed by atoms with Gasteiger partial charge in [0.15, 0.2) is 0 Å². The molecule has 0 amide bonds. The molecule has 2 nitrogen and oxygen atoms in total. The van der Waals surface area contributed by atoms with Crippen LogP contribution in [-0.2, 0) is 16.0 Å². The van der Waals surface area contributed by atoms with Gasteiger partial charge < -0.3 is 4.74 Å². The maximum atomic E-state index is 11.4. The van der Waals surface area contributed by atoms with Crippen LogP contribution in [0.25, 0.3) is 28.3 Å². The van der Waals surface area contributed by atoms with E-state index in [-0.39, 0.29) is 5.97 Å². The minimum Gasteiger partial charge on any atom is -0.462 e. The molecule has 2 heteroatoms. The topological polar surface area (TPSA) is 26.3 Å². The maximum absolute atomic E-state index is 11.4. The summed E-state index contributed by atoms with van der Waals surface area (Å²) in [6, 6.07) is 25.6. The Morgan fingerprint density at radius 2 is 1.48 bits per heavy atom. The summed E-state index contributed by atoms with van der Waals surface area (Å²) in [6.45, 7) is 9.47. The molecule has 0 saturated carbocycles. The molecule has 3 aromatic carbocycles. The molecule has 0 aliphatic carbocycles. The van der Waals surface area contributed by atoms with Gasteiger partial charge in [-0.25, -0.2) is 4.79 Å². The molecule has 0 spiro atoms. The molecule has 0 aromatic heterocycles. The van der Waals surface area contributed by atoms with Gasteiger partial charge in [-0.15, -0.1) is 0 Å². The number of benzene rings is 3. The lowest BCUT2D eigenvalue weighted by Crippen LogP contribution is -2.06. The standard InChI is InChI=1S/C27H26O2/c1-4-21-10-14-23(15-11-21)25-8-5-9-26(19-25)24-16-12-22(13-17-24)7-6-18-29-27(28)20(2)3/h4-5,8-17,19H,1-2,6-7,18H2,3H3. The van der Waals surface area contributed by atoms with Crippen molar-refractivity contribution in [3.63, 3.8) is 0 Å². The van der Waals surface area contributed by atoms with E-state index in [1.54, 1.807) is 6.92 Å². The molecule has 3 rings (SSSR count). The van der Waals surface area contributed by atoms with Gasteiger partial charge in [0, 0.05) is 5.57 Å². The monoisotopic (exact) mass is 382 g/mol. The Morgan fingerprint density at radius 1 is 0.897 bits per heavy atom. The van der Waals surface area contributed by atoms with E-state index in [0.717, 1.165) is 18.4 Å². The number of hydrogen-bond acceptors (Lipinski definition) is 2. The molecule has 3 aromatic rings. The molecule has 0 radical (unpaired) electrons. The summed E-state index contributed by atoms with van der Waals surface area (Å²) in [5.74, 6) is -0.320. The molecule has 146 valence electrons. The van der Waals surface area contributed by atoms with Gasteiger partial charge in [0.05, 0.1) is 6.61 Å². The minimum absolute atomic E-state index is 0.320. The second-order valence-corrected chi connectivity index (χ2v) is 7.12. The maximum Gasteiger partial charge on any atom is 0.333 e. The quantitative estimate of drug-likeness (QED) is 0.246. The Bertz CT molecular complexity index is 995. The Labute approximate surface area is 173 Å². The van der Waals surface area contributed by atoms with Crippen LogP contribution in [0, 0.1) is 0 Å². The summed E-state index contributed by atoms with van der Waals surface area (Å²) >= 11 is 0. The highest BCUT2D eigenvalue weighted by atomic mass is 16.5. The van der Waals surface area contributed by atoms with Gasteiger partial charge in [-0.2, -0.15) is 0 Å². The second kappa shape index (κ2) is 9.70. The van der Waals surface area contributed by atoms with Crippen LogP contribution in [0.3, 0.4) is 0 Å². The first-order chi connectivity index (χ1) is 14.1. The summed E-state index contributed by atoms with van der Waals surface area (Å²) in [6.07, 6.45) is 3.53. The SMILES string of the molecule is C=Cc1ccc(-c2cccc(-c3ccc(CCCOC(=O)C(=C)C)cc3)c2)cc1. The predicted octanol–water partition coefficient (Wildman–Crippen LogP) is 6.72. The zero-order valence-corrected chi connectivity index (χ0v) is 16.9. The van der Waals surface area contributed by atoms with E-state index in [1.165, 1.54) is 27.8 Å². The van der Waals surface area contributed by atoms with Crippen LogP contribution in [-0.4, -0.2) is 12.6 Å². The summed E-state index contributed by atoms with van der Waals surface area (Å²) in [4.78, 5) is 11.4. The van der Waals surface area contributed by atoms with Gasteiger partial charge in [-0.3, -0.25) is 0 Å². The largest absolute Gasteiger partial charge is 0.462 e. The van der Waals surface area contributed by atoms with Crippen molar-refractivity contribution in [2.75, 3.05) is 6.61 Å². The lowest BCUT2D eigenvalue weighted by atomic mass is 9.97. The highest BCUT2D eigenvalue weighted by Gasteiger charge is 2.04. The minimum atomic E-state index is -0.320. The van der Waals surface area contributed by atoms with Crippen molar-refractivity contribution in [1.29, 1.82) is 0 Å². The molecule has 0 aliphatic heterocycles. The number of aryl methyl sites for hydroxylation is 1. The molecule has 29 heavy (non-hydrogen) atoms. The molecular weight excluding hydrogens is 356 g/mol. The van der Waals surface area contributed by atoms with E-state index >= 15 is 0 Å². The Balaban J connectivity index is 1.64. The van der Waals surface area contributed by atoms with Crippen molar-refractivity contribution >= 4 is 12.0 Å². The van der Waals surface area contributed by atoms with Crippen LogP contribution >= 0.6 is 0 Å². The van der Waals surface area contributed by atoms with Gasteiger partial charge in [0.1, 0.15) is 0 Å². The Morgan fingerprint density at radius 3 is 2.03 bits per heavy atom. The number of ether oxygens (including phenoxy) is 1. The number of carbonyl (C=O) groups excluding carboxylic acids is 1. The third kappa shape index (κ3) is 5.55. The molecule has 0 atom stereocenters. The Hall–Kier alpha value is -3.39. The third-order valence-electron chi connectivity index (χ3n) is 4.82. The van der Waals surface area contributed by atoms with Crippen molar-refractivity contribution in [2.45, 2.75) is 19.8 Å². The average Bonchev–Trinajstić information content (AvgIpc) is 2.77. The van der Waals surface area contributed by atoms with Crippen molar-refractivity contribution in [2.24, 2.45) is 0 Å². The summed E-state index contributed by atoms with van der Waals surface area (Å²) in [5, 5.41) is 0. The van der Waals surface area contributed by atoms with Gasteiger partial charge in [-0.1, -0.05) is 86.0 Å². The van der Waals surface area contributed by atoms with Crippen molar-refractivity contribution in [3.8, 4) is 22.3 Å². The normalized spacial score (nSPS) is 10.4. The van der Waals surface area contributed by atoms with E-state index in [0.29, 0.717) is 12.2 Å². The summed E-state index contributed by atoms with van der Waals surface area (Å²) < 4.78 is 5.14. The molecule has 0 bridgehead atoms. The van der Waals surface area contributed by atoms with Crippen LogP contribution in [0.4, 0.5) is 0 Å². The highest BCUT2D eigenvalue weighted by Crippen LogP contribution is 2.27. The van der Waals surface area contributed by atoms with Gasteiger partial charge >= 0.3 is 5.97 Å². The molecule has 0 fully saturated rings. The number of esters is 1. The lowest BCUT2D eigenvalue weighted by Gasteiger charge is -2.08. The molecule has 0 aliphatic rings. The first-order valence-electron chi connectivity index (χ1n) is 9.82. The fourth-order valence-corrected chi connectivity index (χ4v) is 3.12. The first-order valence-corrected chi connectivity index (χ1v) is 9.82. The molecule has 0 saturated heterocycles. The van der Waals surface area contributed by atoms with Crippen LogP contribution in [0.5, 0.6) is 0 Å². The fourth-order valence-electron chi connectivity index (χ4n) is 3.12. The van der Waals surface area contributed by atoms with Crippen LogP contribution in [0.2, 0.25) is 0 Å². The van der Waals surface area contributed by atoms with Gasteiger partial charge in [-0.05, 0) is 59.2 Å². The smallest absolute Gasteiger partial charge is 0.333 e. The zero-order valence-electron chi connectivity index (χ0n) is 16.9. The van der Waals surface area contributed by atoms with Crippen LogP contribution in [0.1, 0.15) is 24.5 Å². The van der Waals surface area contributed by atoms with E-state index in [9.17, 15) is 4.79 Å². The van der Waals surface area contributed by atoms with E-state index < -0.39 is 0 Å². The molecule has 0 unspecified atom stereocenters. The second-order valence-electron chi connectivity index (χ2n) is 7.12. The van der Waals surface area contributed by atoms with Crippen molar-refractivity contribution in [3.05, 3.63) is 103 Å². The molecule has 0 heterocycles. The van der Waals surface area contributed by atoms with E-state index in [2.05, 4.69) is 86.0 Å². The predicted molar refractivity (Wildman–Crippen MR) is 121 cm³/mol. The number of rotatable bonds is 8. The average molecular weight is 383 g/mol. The zero-order chi connectivity index (χ0) is 20.6. The van der Waals surface area contributed by atoms with Crippen LogP contribution < -0.4 is 0 Å². The van der Waals surface area contributed by atoms with E-state index in [4.69, 9.17) is 4.74 Å². The molecular formula is C27H26O2. The third-order valence-corrected chi connectivity index (χ3v) is 4.82. The van der Waals surface area contributed by atoms with E-state index in [1.807, 2.05) is 6.08 Å². The lowest BCUT2D eigenvalue weighted by molar-refractivity contribution is -0.139. The van der Waals surface area contributed by atoms with Crippen molar-refractivity contribution < 1.29 is 9.53 Å². The Kier molecular flexibility index (Phi) is 6.80. The van der Waals surface area contributed by atoms with Gasteiger partial charge in [0.2, 0.25) is 0 Å². The highest BCUT2D eigenvalue weighted by molar-refractivity contribution is 5.86. The van der Waals surface area contributed by atoms with Crippen molar-refractivity contribution in [1.82, 2.24) is 0 Å². The summed E-state index contributed by atoms with van der Waals surface area (Å²) in [5.41, 5.74) is 7.56. The first kappa shape index (κ1) is 20.3. The summed E-state index contributed by atoms with van der Waals surface area (Å²) in [7, 11) is 0.